The van der Waals surface area contributed by atoms with E-state index in [2.05, 4.69) is 5.32 Å². The maximum absolute atomic E-state index is 12.8. The number of alkyl halides is 3. The largest absolute Gasteiger partial charge is 0.416 e. The Morgan fingerprint density at radius 1 is 1.29 bits per heavy atom. The van der Waals surface area contributed by atoms with E-state index in [1.54, 1.807) is 0 Å². The number of nitrogens with zero attached hydrogens (tertiary/aromatic N) is 1. The second kappa shape index (κ2) is 7.59. The fourth-order valence-electron chi connectivity index (χ4n) is 2.80. The monoisotopic (exact) mass is 384 g/mol. The van der Waals surface area contributed by atoms with E-state index < -0.39 is 26.7 Å². The summed E-state index contributed by atoms with van der Waals surface area (Å²) >= 11 is 5.87. The molecular weight excluding hydrogens is 365 g/mol. The molecule has 0 unspecified atom stereocenters. The first-order valence-corrected chi connectivity index (χ1v) is 9.49. The normalized spacial score (nSPS) is 18.0. The predicted octanol–water partition coefficient (Wildman–Crippen LogP) is 3.37. The van der Waals surface area contributed by atoms with Crippen LogP contribution in [0.25, 0.3) is 0 Å². The number of nitrogens with one attached hydrogen (secondary N) is 1. The highest BCUT2D eigenvalue weighted by atomic mass is 35.5. The first kappa shape index (κ1) is 19.5. The Bertz CT molecular complexity index is 672. The van der Waals surface area contributed by atoms with Crippen LogP contribution in [-0.4, -0.2) is 39.4 Å². The molecule has 0 saturated carbocycles. The number of sulfonamides is 1. The van der Waals surface area contributed by atoms with E-state index in [1.165, 1.54) is 4.31 Å². The van der Waals surface area contributed by atoms with E-state index in [0.29, 0.717) is 37.9 Å². The third-order valence-corrected chi connectivity index (χ3v) is 6.63. The summed E-state index contributed by atoms with van der Waals surface area (Å²) in [6, 6.07) is 2.38. The first-order chi connectivity index (χ1) is 11.2. The van der Waals surface area contributed by atoms with Crippen LogP contribution in [0.1, 0.15) is 24.8 Å². The van der Waals surface area contributed by atoms with Gasteiger partial charge in [-0.1, -0.05) is 11.6 Å². The van der Waals surface area contributed by atoms with Crippen LogP contribution in [0.2, 0.25) is 5.02 Å². The fourth-order valence-corrected chi connectivity index (χ4v) is 4.77. The number of rotatable bonds is 5. The molecule has 1 fully saturated rings. The molecule has 1 saturated heterocycles. The van der Waals surface area contributed by atoms with E-state index >= 15 is 0 Å². The minimum absolute atomic E-state index is 0.194. The van der Waals surface area contributed by atoms with Crippen LogP contribution >= 0.6 is 11.6 Å². The lowest BCUT2D eigenvalue weighted by Gasteiger charge is -2.31. The van der Waals surface area contributed by atoms with Crippen molar-refractivity contribution in [1.29, 1.82) is 0 Å². The molecule has 0 aromatic heterocycles. The van der Waals surface area contributed by atoms with Gasteiger partial charge in [-0.2, -0.15) is 17.5 Å². The summed E-state index contributed by atoms with van der Waals surface area (Å²) in [5.41, 5.74) is -1.02. The molecule has 0 atom stereocenters. The molecule has 0 spiro atoms. The van der Waals surface area contributed by atoms with Gasteiger partial charge in [0.2, 0.25) is 10.0 Å². The molecule has 1 heterocycles. The highest BCUT2D eigenvalue weighted by molar-refractivity contribution is 7.89. The maximum atomic E-state index is 12.8. The summed E-state index contributed by atoms with van der Waals surface area (Å²) in [6.07, 6.45) is -2.28. The van der Waals surface area contributed by atoms with Crippen molar-refractivity contribution < 1.29 is 21.6 Å². The van der Waals surface area contributed by atoms with E-state index in [9.17, 15) is 21.6 Å². The minimum atomic E-state index is -4.62. The average Bonchev–Trinajstić information content (AvgIpc) is 2.52. The smallest absolute Gasteiger partial charge is 0.320 e. The quantitative estimate of drug-likeness (QED) is 0.846. The number of piperidine rings is 1. The number of hydrogen-bond donors (Lipinski definition) is 1. The van der Waals surface area contributed by atoms with Gasteiger partial charge in [0.1, 0.15) is 4.90 Å². The highest BCUT2D eigenvalue weighted by Crippen LogP contribution is 2.35. The molecule has 9 heteroatoms. The first-order valence-electron chi connectivity index (χ1n) is 7.67. The van der Waals surface area contributed by atoms with E-state index in [0.717, 1.165) is 25.1 Å². The zero-order valence-corrected chi connectivity index (χ0v) is 14.8. The Kier molecular flexibility index (Phi) is 6.17. The molecule has 0 aliphatic carbocycles. The van der Waals surface area contributed by atoms with Gasteiger partial charge >= 0.3 is 6.18 Å². The van der Waals surface area contributed by atoms with Gasteiger partial charge in [0, 0.05) is 13.1 Å². The van der Waals surface area contributed by atoms with Gasteiger partial charge in [-0.3, -0.25) is 0 Å². The summed E-state index contributed by atoms with van der Waals surface area (Å²) < 4.78 is 65.1. The molecule has 1 N–H and O–H groups in total. The minimum Gasteiger partial charge on any atom is -0.320 e. The number of halogens is 4. The van der Waals surface area contributed by atoms with Gasteiger partial charge in [-0.15, -0.1) is 0 Å². The van der Waals surface area contributed by atoms with Crippen LogP contribution in [0.4, 0.5) is 13.2 Å². The van der Waals surface area contributed by atoms with Crippen LogP contribution in [0.3, 0.4) is 0 Å². The highest BCUT2D eigenvalue weighted by Gasteiger charge is 2.35. The lowest BCUT2D eigenvalue weighted by Crippen LogP contribution is -2.39. The van der Waals surface area contributed by atoms with Crippen molar-refractivity contribution in [2.75, 3.05) is 26.7 Å². The molecule has 2 rings (SSSR count). The lowest BCUT2D eigenvalue weighted by molar-refractivity contribution is -0.137. The van der Waals surface area contributed by atoms with Crippen LogP contribution in [0, 0.1) is 5.92 Å². The summed E-state index contributed by atoms with van der Waals surface area (Å²) in [7, 11) is -2.18. The van der Waals surface area contributed by atoms with Gasteiger partial charge in [0.25, 0.3) is 0 Å². The van der Waals surface area contributed by atoms with Crippen molar-refractivity contribution in [1.82, 2.24) is 9.62 Å². The zero-order chi connectivity index (χ0) is 18.0. The Hall–Kier alpha value is -0.830. The summed E-state index contributed by atoms with van der Waals surface area (Å²) in [6.45, 7) is 1.45. The van der Waals surface area contributed by atoms with Crippen molar-refractivity contribution in [3.63, 3.8) is 0 Å². The molecule has 1 aliphatic rings. The summed E-state index contributed by atoms with van der Waals surface area (Å²) in [5.74, 6) is 0.417. The molecule has 0 amide bonds. The molecule has 1 aromatic rings. The van der Waals surface area contributed by atoms with Crippen molar-refractivity contribution >= 4 is 21.6 Å². The van der Waals surface area contributed by atoms with Crippen LogP contribution in [-0.2, 0) is 16.2 Å². The van der Waals surface area contributed by atoms with Crippen LogP contribution in [0.15, 0.2) is 23.1 Å². The number of benzene rings is 1. The third kappa shape index (κ3) is 4.41. The topological polar surface area (TPSA) is 49.4 Å². The standard InChI is InChI=1S/C15H20ClF3N2O2S/c1-20-7-4-11-5-8-21(9-6-11)24(22,23)14-10-12(15(17,18)19)2-3-13(14)16/h2-3,10-11,20H,4-9H2,1H3. The second-order valence-corrected chi connectivity index (χ2v) is 8.20. The Morgan fingerprint density at radius 3 is 2.46 bits per heavy atom. The van der Waals surface area contributed by atoms with Gasteiger partial charge in [0.05, 0.1) is 10.6 Å². The summed E-state index contributed by atoms with van der Waals surface area (Å²) in [4.78, 5) is -0.479. The maximum Gasteiger partial charge on any atom is 0.416 e. The lowest BCUT2D eigenvalue weighted by atomic mass is 9.95. The second-order valence-electron chi connectivity index (χ2n) is 5.88. The Balaban J connectivity index is 2.19. The van der Waals surface area contributed by atoms with E-state index in [-0.39, 0.29) is 5.02 Å². The molecule has 136 valence electrons. The van der Waals surface area contributed by atoms with E-state index in [4.69, 9.17) is 11.6 Å². The molecule has 4 nitrogen and oxygen atoms in total. The van der Waals surface area contributed by atoms with Crippen LogP contribution < -0.4 is 5.32 Å². The predicted molar refractivity (Wildman–Crippen MR) is 86.5 cm³/mol. The van der Waals surface area contributed by atoms with Gasteiger partial charge in [-0.25, -0.2) is 8.42 Å². The van der Waals surface area contributed by atoms with Crippen LogP contribution in [0.5, 0.6) is 0 Å². The van der Waals surface area contributed by atoms with E-state index in [1.807, 2.05) is 7.05 Å². The molecule has 1 aliphatic heterocycles. The van der Waals surface area contributed by atoms with Crippen molar-refractivity contribution in [3.05, 3.63) is 28.8 Å². The summed E-state index contributed by atoms with van der Waals surface area (Å²) in [5, 5.41) is 2.86. The molecular formula is C15H20ClF3N2O2S. The Morgan fingerprint density at radius 2 is 1.92 bits per heavy atom. The number of hydrogen-bond acceptors (Lipinski definition) is 3. The zero-order valence-electron chi connectivity index (χ0n) is 13.2. The molecule has 1 aromatic carbocycles. The average molecular weight is 385 g/mol. The SMILES string of the molecule is CNCCC1CCN(S(=O)(=O)c2cc(C(F)(F)F)ccc2Cl)CC1. The fraction of sp³-hybridized carbons (Fsp3) is 0.600. The Labute approximate surface area is 145 Å². The molecule has 0 radical (unpaired) electrons. The van der Waals surface area contributed by atoms with Gasteiger partial charge in [0.15, 0.2) is 0 Å². The molecule has 24 heavy (non-hydrogen) atoms. The van der Waals surface area contributed by atoms with Crippen molar-refractivity contribution in [2.45, 2.75) is 30.3 Å². The van der Waals surface area contributed by atoms with Crippen molar-refractivity contribution in [3.8, 4) is 0 Å². The molecule has 0 bridgehead atoms. The van der Waals surface area contributed by atoms with Crippen molar-refractivity contribution in [2.24, 2.45) is 5.92 Å². The van der Waals surface area contributed by atoms with Gasteiger partial charge < -0.3 is 5.32 Å². The van der Waals surface area contributed by atoms with Gasteiger partial charge in [-0.05, 0) is 57.0 Å². The third-order valence-electron chi connectivity index (χ3n) is 4.25.